The Morgan fingerprint density at radius 3 is 2.24 bits per heavy atom. The standard InChI is InChI=1S/C24H27BrN2O6S/c1-16(22(28)32-5)26(34(30,31)17-11-7-6-8-12-17)15-20-21(25)18-13-9-10-14-19(18)27(20)23(29)33-24(2,3)4/h6-14,16H,15H2,1-5H3/t16-/m0/s1. The third-order valence-electron chi connectivity index (χ3n) is 5.11. The highest BCUT2D eigenvalue weighted by molar-refractivity contribution is 9.10. The van der Waals surface area contributed by atoms with Crippen molar-refractivity contribution >= 4 is 48.9 Å². The summed E-state index contributed by atoms with van der Waals surface area (Å²) < 4.78 is 40.6. The molecular formula is C24H27BrN2O6S. The molecule has 0 saturated carbocycles. The summed E-state index contributed by atoms with van der Waals surface area (Å²) in [6, 6.07) is 13.8. The van der Waals surface area contributed by atoms with Crippen molar-refractivity contribution in [1.29, 1.82) is 0 Å². The minimum Gasteiger partial charge on any atom is -0.468 e. The predicted octanol–water partition coefficient (Wildman–Crippen LogP) is 4.94. The molecule has 0 N–H and O–H groups in total. The molecule has 0 amide bonds. The van der Waals surface area contributed by atoms with Crippen molar-refractivity contribution in [2.24, 2.45) is 0 Å². The summed E-state index contributed by atoms with van der Waals surface area (Å²) in [5.74, 6) is -0.726. The number of methoxy groups -OCH3 is 1. The Kier molecular flexibility index (Phi) is 7.54. The van der Waals surface area contributed by atoms with E-state index in [1.165, 1.54) is 30.7 Å². The van der Waals surface area contributed by atoms with E-state index in [0.29, 0.717) is 21.1 Å². The van der Waals surface area contributed by atoms with Gasteiger partial charge in [0.25, 0.3) is 0 Å². The van der Waals surface area contributed by atoms with Gasteiger partial charge in [0.2, 0.25) is 10.0 Å². The van der Waals surface area contributed by atoms with Crippen LogP contribution in [-0.2, 0) is 30.8 Å². The zero-order valence-corrected chi connectivity index (χ0v) is 22.0. The number of halogens is 1. The van der Waals surface area contributed by atoms with Crippen molar-refractivity contribution in [1.82, 2.24) is 8.87 Å². The molecule has 0 aliphatic carbocycles. The van der Waals surface area contributed by atoms with E-state index < -0.39 is 33.7 Å². The van der Waals surface area contributed by atoms with Gasteiger partial charge in [0.1, 0.15) is 11.6 Å². The number of sulfonamides is 1. The van der Waals surface area contributed by atoms with E-state index in [9.17, 15) is 18.0 Å². The summed E-state index contributed by atoms with van der Waals surface area (Å²) in [4.78, 5) is 25.7. The minimum atomic E-state index is -4.14. The van der Waals surface area contributed by atoms with Crippen molar-refractivity contribution in [3.8, 4) is 0 Å². The summed E-state index contributed by atoms with van der Waals surface area (Å²) in [6.45, 7) is 6.40. The second-order valence-electron chi connectivity index (χ2n) is 8.66. The van der Waals surface area contributed by atoms with E-state index in [1.54, 1.807) is 51.1 Å². The van der Waals surface area contributed by atoms with Gasteiger partial charge in [0.15, 0.2) is 0 Å². The summed E-state index contributed by atoms with van der Waals surface area (Å²) in [7, 11) is -2.94. The number of nitrogens with zero attached hydrogens (tertiary/aromatic N) is 2. The average molecular weight is 551 g/mol. The number of benzene rings is 2. The second-order valence-corrected chi connectivity index (χ2v) is 11.3. The maximum atomic E-state index is 13.6. The van der Waals surface area contributed by atoms with Gasteiger partial charge in [-0.15, -0.1) is 0 Å². The molecule has 0 radical (unpaired) electrons. The van der Waals surface area contributed by atoms with Crippen molar-refractivity contribution < 1.29 is 27.5 Å². The number of aromatic nitrogens is 1. The lowest BCUT2D eigenvalue weighted by Gasteiger charge is -2.28. The van der Waals surface area contributed by atoms with Gasteiger partial charge in [-0.2, -0.15) is 4.31 Å². The third kappa shape index (κ3) is 5.18. The van der Waals surface area contributed by atoms with Crippen LogP contribution in [-0.4, -0.2) is 48.1 Å². The highest BCUT2D eigenvalue weighted by Crippen LogP contribution is 2.34. The first kappa shape index (κ1) is 25.9. The lowest BCUT2D eigenvalue weighted by molar-refractivity contribution is -0.144. The summed E-state index contributed by atoms with van der Waals surface area (Å²) in [5, 5.41) is 0.700. The Morgan fingerprint density at radius 2 is 1.65 bits per heavy atom. The third-order valence-corrected chi connectivity index (χ3v) is 7.93. The monoisotopic (exact) mass is 550 g/mol. The SMILES string of the molecule is COC(=O)[C@H](C)N(Cc1c(Br)c2ccccc2n1C(=O)OC(C)(C)C)S(=O)(=O)c1ccccc1. The zero-order chi connectivity index (χ0) is 25.3. The molecule has 8 nitrogen and oxygen atoms in total. The van der Waals surface area contributed by atoms with E-state index in [1.807, 2.05) is 12.1 Å². The Balaban J connectivity index is 2.22. The maximum absolute atomic E-state index is 13.6. The molecule has 0 spiro atoms. The van der Waals surface area contributed by atoms with Crippen molar-refractivity contribution in [3.63, 3.8) is 0 Å². The fraction of sp³-hybridized carbons (Fsp3) is 0.333. The zero-order valence-electron chi connectivity index (χ0n) is 19.6. The first-order chi connectivity index (χ1) is 15.9. The van der Waals surface area contributed by atoms with E-state index >= 15 is 0 Å². The minimum absolute atomic E-state index is 0.0156. The molecule has 182 valence electrons. The molecule has 0 bridgehead atoms. The van der Waals surface area contributed by atoms with Crippen LogP contribution in [0.1, 0.15) is 33.4 Å². The highest BCUT2D eigenvalue weighted by atomic mass is 79.9. The predicted molar refractivity (Wildman–Crippen MR) is 132 cm³/mol. The quantitative estimate of drug-likeness (QED) is 0.403. The first-order valence-electron chi connectivity index (χ1n) is 10.5. The maximum Gasteiger partial charge on any atom is 0.419 e. The lowest BCUT2D eigenvalue weighted by atomic mass is 10.2. The topological polar surface area (TPSA) is 94.9 Å². The number of carbonyl (C=O) groups excluding carboxylic acids is 2. The Labute approximate surface area is 207 Å². The molecule has 0 aliphatic heterocycles. The lowest BCUT2D eigenvalue weighted by Crippen LogP contribution is -2.44. The number of fused-ring (bicyclic) bond motifs is 1. The van der Waals surface area contributed by atoms with Crippen LogP contribution in [0, 0.1) is 0 Å². The average Bonchev–Trinajstić information content (AvgIpc) is 3.07. The van der Waals surface area contributed by atoms with Crippen LogP contribution in [0.15, 0.2) is 64.0 Å². The number of esters is 1. The fourth-order valence-electron chi connectivity index (χ4n) is 3.50. The number of hydrogen-bond acceptors (Lipinski definition) is 6. The number of rotatable bonds is 6. The van der Waals surface area contributed by atoms with Crippen LogP contribution in [0.5, 0.6) is 0 Å². The number of carbonyl (C=O) groups is 2. The molecule has 34 heavy (non-hydrogen) atoms. The molecule has 0 saturated heterocycles. The first-order valence-corrected chi connectivity index (χ1v) is 12.8. The summed E-state index contributed by atoms with van der Waals surface area (Å²) >= 11 is 3.54. The normalized spacial score (nSPS) is 13.1. The van der Waals surface area contributed by atoms with Gasteiger partial charge in [-0.1, -0.05) is 36.4 Å². The second kappa shape index (κ2) is 9.89. The van der Waals surface area contributed by atoms with Crippen LogP contribution in [0.3, 0.4) is 0 Å². The molecule has 0 fully saturated rings. The number of hydrogen-bond donors (Lipinski definition) is 0. The molecule has 1 aromatic heterocycles. The largest absolute Gasteiger partial charge is 0.468 e. The molecule has 1 heterocycles. The van der Waals surface area contributed by atoms with Crippen LogP contribution < -0.4 is 0 Å². The molecule has 0 aliphatic rings. The van der Waals surface area contributed by atoms with Gasteiger partial charge in [0.05, 0.1) is 29.8 Å². The van der Waals surface area contributed by atoms with Gasteiger partial charge in [-0.05, 0) is 61.8 Å². The van der Waals surface area contributed by atoms with E-state index in [-0.39, 0.29) is 11.4 Å². The van der Waals surface area contributed by atoms with Crippen LogP contribution in [0.2, 0.25) is 0 Å². The van der Waals surface area contributed by atoms with Gasteiger partial charge < -0.3 is 9.47 Å². The van der Waals surface area contributed by atoms with Crippen molar-refractivity contribution in [2.75, 3.05) is 7.11 Å². The Morgan fingerprint density at radius 1 is 1.06 bits per heavy atom. The van der Waals surface area contributed by atoms with Crippen molar-refractivity contribution in [2.45, 2.75) is 50.8 Å². The van der Waals surface area contributed by atoms with Crippen LogP contribution in [0.4, 0.5) is 4.79 Å². The molecular weight excluding hydrogens is 524 g/mol. The molecule has 10 heteroatoms. The van der Waals surface area contributed by atoms with Gasteiger partial charge >= 0.3 is 12.1 Å². The molecule has 0 unspecified atom stereocenters. The fourth-order valence-corrected chi connectivity index (χ4v) is 5.71. The molecule has 3 rings (SSSR count). The number of para-hydroxylation sites is 1. The van der Waals surface area contributed by atoms with Gasteiger partial charge in [-0.3, -0.25) is 4.79 Å². The number of ether oxygens (including phenoxy) is 2. The smallest absolute Gasteiger partial charge is 0.419 e. The van der Waals surface area contributed by atoms with Gasteiger partial charge in [0, 0.05) is 9.86 Å². The molecule has 1 atom stereocenters. The van der Waals surface area contributed by atoms with E-state index in [0.717, 1.165) is 4.31 Å². The highest BCUT2D eigenvalue weighted by Gasteiger charge is 2.36. The molecule has 3 aromatic rings. The Bertz CT molecular complexity index is 1310. The van der Waals surface area contributed by atoms with Crippen LogP contribution >= 0.6 is 15.9 Å². The van der Waals surface area contributed by atoms with Crippen LogP contribution in [0.25, 0.3) is 10.9 Å². The van der Waals surface area contributed by atoms with Crippen molar-refractivity contribution in [3.05, 3.63) is 64.8 Å². The van der Waals surface area contributed by atoms with Gasteiger partial charge in [-0.25, -0.2) is 17.8 Å². The van der Waals surface area contributed by atoms with E-state index in [2.05, 4.69) is 15.9 Å². The summed E-state index contributed by atoms with van der Waals surface area (Å²) in [5.41, 5.74) is 0.0912. The summed E-state index contributed by atoms with van der Waals surface area (Å²) in [6.07, 6.45) is -0.660. The van der Waals surface area contributed by atoms with E-state index in [4.69, 9.17) is 9.47 Å². The Hall–Kier alpha value is -2.69. The molecule has 2 aromatic carbocycles.